The average molecular weight is 416 g/mol. The van der Waals surface area contributed by atoms with Crippen molar-refractivity contribution < 1.29 is 13.2 Å². The van der Waals surface area contributed by atoms with Gasteiger partial charge < -0.3 is 5.32 Å². The largest absolute Gasteiger partial charge is 0.348 e. The SMILES string of the molecule is CN(c1cccc(C(=O)NCc2ccncc2)c1)S(=O)(=O)c1ccc(Cl)cc1. The minimum Gasteiger partial charge on any atom is -0.348 e. The van der Waals surface area contributed by atoms with Gasteiger partial charge in [-0.15, -0.1) is 0 Å². The second kappa shape index (κ2) is 8.41. The van der Waals surface area contributed by atoms with Gasteiger partial charge in [0.1, 0.15) is 0 Å². The fourth-order valence-electron chi connectivity index (χ4n) is 2.53. The molecule has 0 atom stereocenters. The van der Waals surface area contributed by atoms with Gasteiger partial charge in [0.2, 0.25) is 0 Å². The van der Waals surface area contributed by atoms with Crippen LogP contribution < -0.4 is 9.62 Å². The van der Waals surface area contributed by atoms with Crippen LogP contribution in [0.5, 0.6) is 0 Å². The molecule has 8 heteroatoms. The first-order valence-electron chi connectivity index (χ1n) is 8.39. The average Bonchev–Trinajstić information content (AvgIpc) is 2.72. The van der Waals surface area contributed by atoms with E-state index in [4.69, 9.17) is 11.6 Å². The zero-order chi connectivity index (χ0) is 20.1. The topological polar surface area (TPSA) is 79.4 Å². The Hall–Kier alpha value is -2.90. The fourth-order valence-corrected chi connectivity index (χ4v) is 3.84. The summed E-state index contributed by atoms with van der Waals surface area (Å²) in [5.74, 6) is -0.295. The lowest BCUT2D eigenvalue weighted by molar-refractivity contribution is 0.0951. The van der Waals surface area contributed by atoms with Gasteiger partial charge in [-0.25, -0.2) is 8.42 Å². The number of carbonyl (C=O) groups is 1. The Morgan fingerprint density at radius 3 is 2.43 bits per heavy atom. The van der Waals surface area contributed by atoms with Gasteiger partial charge in [-0.05, 0) is 60.2 Å². The Morgan fingerprint density at radius 2 is 1.75 bits per heavy atom. The summed E-state index contributed by atoms with van der Waals surface area (Å²) in [6.45, 7) is 0.352. The van der Waals surface area contributed by atoms with Crippen LogP contribution >= 0.6 is 11.6 Å². The molecule has 2 aromatic carbocycles. The van der Waals surface area contributed by atoms with Crippen molar-refractivity contribution in [3.63, 3.8) is 0 Å². The van der Waals surface area contributed by atoms with Crippen LogP contribution in [0.2, 0.25) is 5.02 Å². The molecule has 0 saturated carbocycles. The number of hydrogen-bond donors (Lipinski definition) is 1. The normalized spacial score (nSPS) is 11.1. The van der Waals surface area contributed by atoms with Crippen LogP contribution in [0.15, 0.2) is 78.0 Å². The van der Waals surface area contributed by atoms with Crippen LogP contribution in [-0.2, 0) is 16.6 Å². The van der Waals surface area contributed by atoms with E-state index in [1.807, 2.05) is 12.1 Å². The summed E-state index contributed by atoms with van der Waals surface area (Å²) in [5, 5.41) is 3.26. The van der Waals surface area contributed by atoms with Gasteiger partial charge in [0.15, 0.2) is 0 Å². The number of anilines is 1. The summed E-state index contributed by atoms with van der Waals surface area (Å²) < 4.78 is 26.8. The second-order valence-electron chi connectivity index (χ2n) is 6.01. The first-order valence-corrected chi connectivity index (χ1v) is 10.2. The molecule has 144 valence electrons. The number of nitrogens with one attached hydrogen (secondary N) is 1. The lowest BCUT2D eigenvalue weighted by Gasteiger charge is -2.20. The predicted molar refractivity (Wildman–Crippen MR) is 109 cm³/mol. The van der Waals surface area contributed by atoms with Gasteiger partial charge in [0.25, 0.3) is 15.9 Å². The van der Waals surface area contributed by atoms with Crippen molar-refractivity contribution in [1.82, 2.24) is 10.3 Å². The van der Waals surface area contributed by atoms with E-state index in [2.05, 4.69) is 10.3 Å². The van der Waals surface area contributed by atoms with E-state index in [0.717, 1.165) is 9.87 Å². The third kappa shape index (κ3) is 4.49. The Labute approximate surface area is 168 Å². The molecule has 0 unspecified atom stereocenters. The number of pyridine rings is 1. The molecule has 1 aromatic heterocycles. The molecule has 1 amide bonds. The summed E-state index contributed by atoms with van der Waals surface area (Å²) in [6.07, 6.45) is 3.30. The molecule has 0 spiro atoms. The molecule has 0 aliphatic heterocycles. The lowest BCUT2D eigenvalue weighted by atomic mass is 10.2. The number of rotatable bonds is 6. The Balaban J connectivity index is 1.78. The van der Waals surface area contributed by atoms with E-state index in [0.29, 0.717) is 22.8 Å². The van der Waals surface area contributed by atoms with Crippen molar-refractivity contribution >= 4 is 33.2 Å². The van der Waals surface area contributed by atoms with E-state index < -0.39 is 10.0 Å². The third-order valence-electron chi connectivity index (χ3n) is 4.15. The maximum atomic E-state index is 12.8. The first-order chi connectivity index (χ1) is 13.4. The molecule has 3 aromatic rings. The molecule has 28 heavy (non-hydrogen) atoms. The van der Waals surface area contributed by atoms with E-state index in [1.165, 1.54) is 37.4 Å². The van der Waals surface area contributed by atoms with Crippen LogP contribution in [0.1, 0.15) is 15.9 Å². The van der Waals surface area contributed by atoms with E-state index in [-0.39, 0.29) is 10.8 Å². The summed E-state index contributed by atoms with van der Waals surface area (Å²) in [5.41, 5.74) is 1.66. The number of sulfonamides is 1. The van der Waals surface area contributed by atoms with Crippen molar-refractivity contribution in [1.29, 1.82) is 0 Å². The number of hydrogen-bond acceptors (Lipinski definition) is 4. The Bertz CT molecular complexity index is 1070. The highest BCUT2D eigenvalue weighted by Gasteiger charge is 2.22. The molecule has 0 radical (unpaired) electrons. The van der Waals surface area contributed by atoms with E-state index in [9.17, 15) is 13.2 Å². The number of halogens is 1. The van der Waals surface area contributed by atoms with Crippen molar-refractivity contribution in [2.24, 2.45) is 0 Å². The van der Waals surface area contributed by atoms with Crippen molar-refractivity contribution in [3.8, 4) is 0 Å². The molecule has 3 rings (SSSR count). The monoisotopic (exact) mass is 415 g/mol. The molecule has 1 heterocycles. The van der Waals surface area contributed by atoms with Gasteiger partial charge in [-0.3, -0.25) is 14.1 Å². The number of nitrogens with zero attached hydrogens (tertiary/aromatic N) is 2. The fraction of sp³-hybridized carbons (Fsp3) is 0.100. The minimum atomic E-state index is -3.77. The highest BCUT2D eigenvalue weighted by atomic mass is 35.5. The van der Waals surface area contributed by atoms with Crippen molar-refractivity contribution in [2.45, 2.75) is 11.4 Å². The van der Waals surface area contributed by atoms with Crippen LogP contribution in [0, 0.1) is 0 Å². The van der Waals surface area contributed by atoms with E-state index >= 15 is 0 Å². The number of amides is 1. The highest BCUT2D eigenvalue weighted by Crippen LogP contribution is 2.24. The maximum absolute atomic E-state index is 12.8. The molecule has 1 N–H and O–H groups in total. The number of aromatic nitrogens is 1. The smallest absolute Gasteiger partial charge is 0.264 e. The predicted octanol–water partition coefficient (Wildman–Crippen LogP) is 3.49. The summed E-state index contributed by atoms with van der Waals surface area (Å²) in [4.78, 5) is 16.5. The summed E-state index contributed by atoms with van der Waals surface area (Å²) >= 11 is 5.83. The Morgan fingerprint density at radius 1 is 1.07 bits per heavy atom. The Kier molecular flexibility index (Phi) is 5.96. The highest BCUT2D eigenvalue weighted by molar-refractivity contribution is 7.92. The summed E-state index contributed by atoms with van der Waals surface area (Å²) in [6, 6.07) is 16.0. The quantitative estimate of drug-likeness (QED) is 0.668. The molecular weight excluding hydrogens is 398 g/mol. The standard InChI is InChI=1S/C20H18ClN3O3S/c1-24(28(26,27)19-7-5-17(21)6-8-19)18-4-2-3-16(13-18)20(25)23-14-15-9-11-22-12-10-15/h2-13H,14H2,1H3,(H,23,25). The first kappa shape index (κ1) is 19.9. The molecule has 0 bridgehead atoms. The lowest BCUT2D eigenvalue weighted by Crippen LogP contribution is -2.27. The molecule has 0 saturated heterocycles. The van der Waals surface area contributed by atoms with Crippen molar-refractivity contribution in [2.75, 3.05) is 11.4 Å². The molecular formula is C20H18ClN3O3S. The van der Waals surface area contributed by atoms with Crippen molar-refractivity contribution in [3.05, 3.63) is 89.2 Å². The third-order valence-corrected chi connectivity index (χ3v) is 6.20. The van der Waals surface area contributed by atoms with Crippen LogP contribution in [0.4, 0.5) is 5.69 Å². The van der Waals surface area contributed by atoms with Gasteiger partial charge in [-0.1, -0.05) is 17.7 Å². The molecule has 0 aliphatic rings. The van der Waals surface area contributed by atoms with Gasteiger partial charge >= 0.3 is 0 Å². The minimum absolute atomic E-state index is 0.118. The second-order valence-corrected chi connectivity index (χ2v) is 8.42. The van der Waals surface area contributed by atoms with Crippen LogP contribution in [0.25, 0.3) is 0 Å². The zero-order valence-electron chi connectivity index (χ0n) is 15.0. The van der Waals surface area contributed by atoms with Crippen LogP contribution in [-0.4, -0.2) is 26.4 Å². The van der Waals surface area contributed by atoms with Gasteiger partial charge in [0, 0.05) is 36.6 Å². The number of benzene rings is 2. The molecule has 6 nitrogen and oxygen atoms in total. The zero-order valence-corrected chi connectivity index (χ0v) is 16.6. The summed E-state index contributed by atoms with van der Waals surface area (Å²) in [7, 11) is -2.33. The van der Waals surface area contributed by atoms with Gasteiger partial charge in [0.05, 0.1) is 10.6 Å². The molecule has 0 fully saturated rings. The maximum Gasteiger partial charge on any atom is 0.264 e. The van der Waals surface area contributed by atoms with Gasteiger partial charge in [-0.2, -0.15) is 0 Å². The van der Waals surface area contributed by atoms with Crippen LogP contribution in [0.3, 0.4) is 0 Å². The molecule has 0 aliphatic carbocycles. The number of carbonyl (C=O) groups excluding carboxylic acids is 1. The van der Waals surface area contributed by atoms with E-state index in [1.54, 1.807) is 30.6 Å².